The van der Waals surface area contributed by atoms with Crippen LogP contribution in [0.4, 0.5) is 0 Å². The zero-order valence-corrected chi connectivity index (χ0v) is 7.51. The van der Waals surface area contributed by atoms with Crippen LogP contribution < -0.4 is 4.84 Å². The maximum Gasteiger partial charge on any atom is 0.333 e. The van der Waals surface area contributed by atoms with E-state index in [1.807, 2.05) is 0 Å². The Kier molecular flexibility index (Phi) is 3.17. The molecule has 2 N–H and O–H groups in total. The van der Waals surface area contributed by atoms with Gasteiger partial charge >= 0.3 is 5.97 Å². The van der Waals surface area contributed by atoms with Gasteiger partial charge in [0, 0.05) is 12.1 Å². The van der Waals surface area contributed by atoms with E-state index in [2.05, 4.69) is 11.4 Å². The summed E-state index contributed by atoms with van der Waals surface area (Å²) in [7, 11) is 0. The van der Waals surface area contributed by atoms with Crippen molar-refractivity contribution < 1.29 is 19.8 Å². The lowest BCUT2D eigenvalue weighted by Gasteiger charge is -2.05. The van der Waals surface area contributed by atoms with Crippen LogP contribution in [-0.2, 0) is 4.79 Å². The lowest BCUT2D eigenvalue weighted by Crippen LogP contribution is -2.18. The van der Waals surface area contributed by atoms with Gasteiger partial charge in [-0.1, -0.05) is 6.08 Å². The highest BCUT2D eigenvalue weighted by molar-refractivity contribution is 5.70. The first-order chi connectivity index (χ1) is 6.65. The molecule has 0 saturated heterocycles. The summed E-state index contributed by atoms with van der Waals surface area (Å²) in [5.41, 5.74) is 0. The number of aromatic hydroxyl groups is 2. The highest BCUT2D eigenvalue weighted by Crippen LogP contribution is 2.18. The van der Waals surface area contributed by atoms with Gasteiger partial charge in [-0.25, -0.2) is 4.79 Å². The van der Waals surface area contributed by atoms with Crippen molar-refractivity contribution >= 4 is 5.97 Å². The fraction of sp³-hybridized carbons (Fsp3) is 0.222. The van der Waals surface area contributed by atoms with E-state index in [9.17, 15) is 4.79 Å². The molecule has 0 aliphatic carbocycles. The molecule has 0 amide bonds. The van der Waals surface area contributed by atoms with Crippen molar-refractivity contribution in [2.75, 3.05) is 0 Å². The van der Waals surface area contributed by atoms with Crippen LogP contribution >= 0.6 is 0 Å². The Morgan fingerprint density at radius 3 is 2.57 bits per heavy atom. The van der Waals surface area contributed by atoms with Gasteiger partial charge in [0.15, 0.2) is 0 Å². The van der Waals surface area contributed by atoms with Gasteiger partial charge in [0.05, 0.1) is 6.42 Å². The Morgan fingerprint density at radius 1 is 1.50 bits per heavy atom. The minimum atomic E-state index is -0.549. The van der Waals surface area contributed by atoms with Gasteiger partial charge in [-0.2, -0.15) is 0 Å². The summed E-state index contributed by atoms with van der Waals surface area (Å²) in [5, 5.41) is 18.2. The van der Waals surface area contributed by atoms with Crippen LogP contribution in [0.1, 0.15) is 12.8 Å². The maximum absolute atomic E-state index is 11.1. The summed E-state index contributed by atoms with van der Waals surface area (Å²) < 4.78 is 0.658. The quantitative estimate of drug-likeness (QED) is 0.701. The largest absolute Gasteiger partial charge is 0.492 e. The molecule has 0 aromatic carbocycles. The first-order valence-corrected chi connectivity index (χ1v) is 4.07. The molecule has 1 aromatic heterocycles. The normalized spacial score (nSPS) is 9.71. The molecule has 0 fully saturated rings. The average molecular weight is 197 g/mol. The Morgan fingerprint density at radius 2 is 2.07 bits per heavy atom. The minimum Gasteiger partial charge on any atom is -0.492 e. The van der Waals surface area contributed by atoms with Gasteiger partial charge in [0.1, 0.15) is 0 Å². The van der Waals surface area contributed by atoms with Crippen molar-refractivity contribution in [1.29, 1.82) is 0 Å². The number of nitrogens with zero attached hydrogens (tertiary/aromatic N) is 1. The van der Waals surface area contributed by atoms with Gasteiger partial charge in [0.2, 0.25) is 11.8 Å². The second-order valence-electron chi connectivity index (χ2n) is 2.63. The molecule has 1 heterocycles. The standard InChI is InChI=1S/C9H11NO4/c1-2-3-4-9(13)14-10-7(11)5-6-8(10)12/h2,5-6,11-12H,1,3-4H2. The molecule has 1 aromatic rings. The number of hydrogen-bond donors (Lipinski definition) is 2. The fourth-order valence-electron chi connectivity index (χ4n) is 0.863. The van der Waals surface area contributed by atoms with Gasteiger partial charge < -0.3 is 15.1 Å². The molecule has 0 bridgehead atoms. The van der Waals surface area contributed by atoms with E-state index in [0.717, 1.165) is 0 Å². The van der Waals surface area contributed by atoms with E-state index in [1.54, 1.807) is 6.08 Å². The second-order valence-corrected chi connectivity index (χ2v) is 2.63. The molecule has 1 rings (SSSR count). The molecular formula is C9H11NO4. The Bertz CT molecular complexity index is 323. The second kappa shape index (κ2) is 4.36. The van der Waals surface area contributed by atoms with Gasteiger partial charge in [-0.05, 0) is 6.42 Å². The molecule has 0 saturated carbocycles. The molecule has 5 heteroatoms. The first kappa shape index (κ1) is 10.2. The number of carbonyl (C=O) groups excluding carboxylic acids is 1. The first-order valence-electron chi connectivity index (χ1n) is 4.07. The Labute approximate surface area is 80.8 Å². The lowest BCUT2D eigenvalue weighted by atomic mass is 10.3. The highest BCUT2D eigenvalue weighted by atomic mass is 16.7. The molecule has 14 heavy (non-hydrogen) atoms. The van der Waals surface area contributed by atoms with Crippen LogP contribution in [0, 0.1) is 0 Å². The maximum atomic E-state index is 11.1. The van der Waals surface area contributed by atoms with Crippen molar-refractivity contribution in [2.45, 2.75) is 12.8 Å². The minimum absolute atomic E-state index is 0.153. The fourth-order valence-corrected chi connectivity index (χ4v) is 0.863. The SMILES string of the molecule is C=CCCC(=O)On1c(O)ccc1O. The lowest BCUT2D eigenvalue weighted by molar-refractivity contribution is -0.145. The van der Waals surface area contributed by atoms with Gasteiger partial charge in [0.25, 0.3) is 0 Å². The van der Waals surface area contributed by atoms with Gasteiger partial charge in [-0.3, -0.25) is 0 Å². The van der Waals surface area contributed by atoms with Crippen LogP contribution in [0.15, 0.2) is 24.8 Å². The topological polar surface area (TPSA) is 71.7 Å². The number of rotatable bonds is 4. The average Bonchev–Trinajstić information content (AvgIpc) is 2.46. The molecule has 0 atom stereocenters. The van der Waals surface area contributed by atoms with E-state index < -0.39 is 5.97 Å². The summed E-state index contributed by atoms with van der Waals surface area (Å²) >= 11 is 0. The van der Waals surface area contributed by atoms with Crippen LogP contribution in [0.5, 0.6) is 11.8 Å². The van der Waals surface area contributed by atoms with Crippen molar-refractivity contribution in [2.24, 2.45) is 0 Å². The van der Waals surface area contributed by atoms with Crippen molar-refractivity contribution in [3.05, 3.63) is 24.8 Å². The third kappa shape index (κ3) is 2.29. The van der Waals surface area contributed by atoms with Crippen LogP contribution in [0.2, 0.25) is 0 Å². The van der Waals surface area contributed by atoms with Crippen molar-refractivity contribution in [3.63, 3.8) is 0 Å². The van der Waals surface area contributed by atoms with Crippen LogP contribution in [0.25, 0.3) is 0 Å². The third-order valence-corrected chi connectivity index (χ3v) is 1.54. The predicted molar refractivity (Wildman–Crippen MR) is 48.8 cm³/mol. The zero-order valence-electron chi connectivity index (χ0n) is 7.51. The number of carbonyl (C=O) groups is 1. The van der Waals surface area contributed by atoms with E-state index in [1.165, 1.54) is 12.1 Å². The molecular weight excluding hydrogens is 186 g/mol. The molecule has 0 aliphatic heterocycles. The smallest absolute Gasteiger partial charge is 0.333 e. The number of allylic oxidation sites excluding steroid dienone is 1. The molecule has 0 unspecified atom stereocenters. The monoisotopic (exact) mass is 197 g/mol. The summed E-state index contributed by atoms with van der Waals surface area (Å²) in [6, 6.07) is 2.44. The highest BCUT2D eigenvalue weighted by Gasteiger charge is 2.10. The molecule has 5 nitrogen and oxygen atoms in total. The van der Waals surface area contributed by atoms with Crippen molar-refractivity contribution in [1.82, 2.24) is 4.73 Å². The predicted octanol–water partition coefficient (Wildman–Crippen LogP) is 0.821. The number of aromatic nitrogens is 1. The van der Waals surface area contributed by atoms with E-state index in [4.69, 9.17) is 10.2 Å². The summed E-state index contributed by atoms with van der Waals surface area (Å²) in [4.78, 5) is 15.7. The molecule has 0 aliphatic rings. The molecule has 0 radical (unpaired) electrons. The van der Waals surface area contributed by atoms with Crippen LogP contribution in [0.3, 0.4) is 0 Å². The summed E-state index contributed by atoms with van der Waals surface area (Å²) in [5.74, 6) is -1.20. The molecule has 0 spiro atoms. The van der Waals surface area contributed by atoms with Crippen molar-refractivity contribution in [3.8, 4) is 11.8 Å². The Balaban J connectivity index is 2.59. The van der Waals surface area contributed by atoms with E-state index in [-0.39, 0.29) is 18.2 Å². The van der Waals surface area contributed by atoms with E-state index >= 15 is 0 Å². The van der Waals surface area contributed by atoms with E-state index in [0.29, 0.717) is 11.2 Å². The zero-order chi connectivity index (χ0) is 10.6. The summed E-state index contributed by atoms with van der Waals surface area (Å²) in [6.07, 6.45) is 2.22. The van der Waals surface area contributed by atoms with Crippen LogP contribution in [-0.4, -0.2) is 20.9 Å². The summed E-state index contributed by atoms with van der Waals surface area (Å²) in [6.45, 7) is 3.45. The Hall–Kier alpha value is -1.91. The molecule has 76 valence electrons. The number of hydrogen-bond acceptors (Lipinski definition) is 4. The third-order valence-electron chi connectivity index (χ3n) is 1.54. The van der Waals surface area contributed by atoms with Gasteiger partial charge in [-0.15, -0.1) is 11.3 Å².